The molecule has 0 saturated heterocycles. The molecule has 32 heavy (non-hydrogen) atoms. The number of nitrogens with zero attached hydrogens (tertiary/aromatic N) is 2. The number of alkyl halides is 1. The smallest absolute Gasteiger partial charge is 0.175 e. The summed E-state index contributed by atoms with van der Waals surface area (Å²) in [7, 11) is -3.32. The highest BCUT2D eigenvalue weighted by Gasteiger charge is 2.25. The van der Waals surface area contributed by atoms with Gasteiger partial charge in [0, 0.05) is 16.2 Å². The van der Waals surface area contributed by atoms with Crippen molar-refractivity contribution in [3.05, 3.63) is 78.2 Å². The Kier molecular flexibility index (Phi) is 6.04. The molecule has 166 valence electrons. The van der Waals surface area contributed by atoms with Gasteiger partial charge in [0.2, 0.25) is 0 Å². The average molecular weight is 562 g/mol. The second-order valence-electron chi connectivity index (χ2n) is 8.15. The fourth-order valence-electron chi connectivity index (χ4n) is 3.40. The Balaban J connectivity index is 1.85. The number of furan rings is 1. The molecule has 0 bridgehead atoms. The molecular weight excluding hydrogens is 539 g/mol. The molecule has 1 N–H and O–H groups in total. The van der Waals surface area contributed by atoms with Gasteiger partial charge in [0.05, 0.1) is 22.5 Å². The van der Waals surface area contributed by atoms with Crippen molar-refractivity contribution < 1.29 is 17.9 Å². The first-order valence-corrected chi connectivity index (χ1v) is 13.4. The number of hydrogen-bond donors (Lipinski definition) is 1. The molecule has 2 heterocycles. The van der Waals surface area contributed by atoms with E-state index in [1.54, 1.807) is 43.0 Å². The van der Waals surface area contributed by atoms with E-state index in [1.807, 2.05) is 42.5 Å². The zero-order valence-electron chi connectivity index (χ0n) is 17.9. The number of benzene rings is 2. The summed E-state index contributed by atoms with van der Waals surface area (Å²) in [6.45, 7) is 3.38. The summed E-state index contributed by atoms with van der Waals surface area (Å²) in [5.41, 5.74) is 3.60. The van der Waals surface area contributed by atoms with Gasteiger partial charge in [-0.1, -0.05) is 52.9 Å². The molecule has 0 saturated carbocycles. The molecule has 0 fully saturated rings. The largest absolute Gasteiger partial charge is 0.462 e. The first-order chi connectivity index (χ1) is 15.1. The lowest BCUT2D eigenvalue weighted by molar-refractivity contribution is 0.0734. The first-order valence-electron chi connectivity index (χ1n) is 9.94. The van der Waals surface area contributed by atoms with E-state index < -0.39 is 15.4 Å². The molecule has 8 heteroatoms. The molecule has 4 rings (SSSR count). The van der Waals surface area contributed by atoms with Crippen LogP contribution >= 0.6 is 22.6 Å². The van der Waals surface area contributed by atoms with E-state index in [0.29, 0.717) is 17.1 Å². The van der Waals surface area contributed by atoms with Gasteiger partial charge in [0.25, 0.3) is 0 Å². The number of aromatic nitrogens is 2. The van der Waals surface area contributed by atoms with E-state index in [-0.39, 0.29) is 4.90 Å². The maximum absolute atomic E-state index is 11.9. The second-order valence-corrected chi connectivity index (χ2v) is 10.9. The van der Waals surface area contributed by atoms with E-state index in [9.17, 15) is 13.5 Å². The molecule has 2 aromatic heterocycles. The fourth-order valence-corrected chi connectivity index (χ4v) is 4.71. The zero-order valence-corrected chi connectivity index (χ0v) is 20.9. The summed E-state index contributed by atoms with van der Waals surface area (Å²) in [6.07, 6.45) is 2.79. The molecule has 0 aliphatic carbocycles. The summed E-state index contributed by atoms with van der Waals surface area (Å²) in [4.78, 5) is 0.253. The van der Waals surface area contributed by atoms with Crippen LogP contribution in [0.2, 0.25) is 0 Å². The molecule has 6 nitrogen and oxygen atoms in total. The summed E-state index contributed by atoms with van der Waals surface area (Å²) in [5, 5.41) is 15.3. The van der Waals surface area contributed by atoms with Gasteiger partial charge in [-0.15, -0.1) is 0 Å². The Labute approximate surface area is 201 Å². The molecule has 0 aliphatic rings. The van der Waals surface area contributed by atoms with Crippen LogP contribution < -0.4 is 0 Å². The Bertz CT molecular complexity index is 1380. The lowest BCUT2D eigenvalue weighted by Gasteiger charge is -2.13. The van der Waals surface area contributed by atoms with Crippen molar-refractivity contribution in [2.75, 3.05) is 6.26 Å². The average Bonchev–Trinajstić information content (AvgIpc) is 3.40. The van der Waals surface area contributed by atoms with Crippen molar-refractivity contribution in [3.8, 4) is 28.3 Å². The van der Waals surface area contributed by atoms with Crippen LogP contribution in [0.25, 0.3) is 28.3 Å². The fraction of sp³-hybridized carbons (Fsp3) is 0.208. The highest BCUT2D eigenvalue weighted by Crippen LogP contribution is 2.34. The van der Waals surface area contributed by atoms with Crippen molar-refractivity contribution in [1.82, 2.24) is 9.78 Å². The van der Waals surface area contributed by atoms with Gasteiger partial charge >= 0.3 is 0 Å². The van der Waals surface area contributed by atoms with Crippen LogP contribution in [0.5, 0.6) is 0 Å². The molecular formula is C24H23IN2O4S. The van der Waals surface area contributed by atoms with Crippen LogP contribution in [0.1, 0.15) is 25.1 Å². The summed E-state index contributed by atoms with van der Waals surface area (Å²) >= 11 is 2.31. The minimum absolute atomic E-state index is 0.253. The normalized spacial score (nSPS) is 12.3. The van der Waals surface area contributed by atoms with Crippen molar-refractivity contribution in [2.24, 2.45) is 0 Å². The molecule has 0 amide bonds. The van der Waals surface area contributed by atoms with Gasteiger partial charge in [-0.3, -0.25) is 0 Å². The van der Waals surface area contributed by atoms with Gasteiger partial charge < -0.3 is 9.52 Å². The minimum Gasteiger partial charge on any atom is -0.462 e. The van der Waals surface area contributed by atoms with Gasteiger partial charge in [-0.05, 0) is 55.3 Å². The van der Waals surface area contributed by atoms with Gasteiger partial charge in [-0.2, -0.15) is 5.10 Å². The standard InChI is InChI=1S/C24H23IN2O4S/c1-24(2,28)23-13-21(27(26-23)20-10-5-4-7-17(20)14-25)22-12-18(15-31-22)16-8-6-9-19(11-16)32(3,29)30/h4-13,15,28H,14H2,1-3H3. The maximum Gasteiger partial charge on any atom is 0.175 e. The van der Waals surface area contributed by atoms with Crippen molar-refractivity contribution in [1.29, 1.82) is 0 Å². The Morgan fingerprint density at radius 3 is 2.50 bits per heavy atom. The van der Waals surface area contributed by atoms with Crippen LogP contribution in [0.15, 0.2) is 76.2 Å². The third-order valence-corrected chi connectivity index (χ3v) is 7.08. The van der Waals surface area contributed by atoms with Crippen LogP contribution in [0, 0.1) is 0 Å². The summed E-state index contributed by atoms with van der Waals surface area (Å²) < 4.78 is 32.4. The topological polar surface area (TPSA) is 85.3 Å². The summed E-state index contributed by atoms with van der Waals surface area (Å²) in [6, 6.07) is 18.4. The lowest BCUT2D eigenvalue weighted by Crippen LogP contribution is -2.16. The van der Waals surface area contributed by atoms with Crippen molar-refractivity contribution in [2.45, 2.75) is 28.8 Å². The second kappa shape index (κ2) is 8.49. The van der Waals surface area contributed by atoms with Crippen LogP contribution in [0.4, 0.5) is 0 Å². The predicted octanol–water partition coefficient (Wildman–Crippen LogP) is 5.37. The van der Waals surface area contributed by atoms with Gasteiger partial charge in [0.15, 0.2) is 15.6 Å². The van der Waals surface area contributed by atoms with Crippen LogP contribution in [-0.4, -0.2) is 29.6 Å². The molecule has 2 aromatic carbocycles. The predicted molar refractivity (Wildman–Crippen MR) is 133 cm³/mol. The number of para-hydroxylation sites is 1. The van der Waals surface area contributed by atoms with Crippen molar-refractivity contribution >= 4 is 32.4 Å². The summed E-state index contributed by atoms with van der Waals surface area (Å²) in [5.74, 6) is 0.566. The number of hydrogen-bond acceptors (Lipinski definition) is 5. The lowest BCUT2D eigenvalue weighted by atomic mass is 10.1. The molecule has 0 unspecified atom stereocenters. The zero-order chi connectivity index (χ0) is 23.1. The van der Waals surface area contributed by atoms with Gasteiger partial charge in [0.1, 0.15) is 11.3 Å². The van der Waals surface area contributed by atoms with E-state index >= 15 is 0 Å². The molecule has 0 atom stereocenters. The van der Waals surface area contributed by atoms with E-state index in [2.05, 4.69) is 27.7 Å². The van der Waals surface area contributed by atoms with Crippen molar-refractivity contribution in [3.63, 3.8) is 0 Å². The Hall–Kier alpha value is -2.43. The van der Waals surface area contributed by atoms with Crippen LogP contribution in [0.3, 0.4) is 0 Å². The highest BCUT2D eigenvalue weighted by molar-refractivity contribution is 14.1. The molecule has 0 aliphatic heterocycles. The SMILES string of the molecule is CC(C)(O)c1cc(-c2cc(-c3cccc(S(C)(=O)=O)c3)co2)n(-c2ccccc2CI)n1. The number of sulfone groups is 1. The highest BCUT2D eigenvalue weighted by atomic mass is 127. The number of halogens is 1. The first kappa shape index (κ1) is 22.8. The number of rotatable bonds is 6. The Morgan fingerprint density at radius 2 is 1.81 bits per heavy atom. The molecule has 0 spiro atoms. The minimum atomic E-state index is -3.32. The molecule has 4 aromatic rings. The maximum atomic E-state index is 11.9. The van der Waals surface area contributed by atoms with E-state index in [4.69, 9.17) is 4.42 Å². The molecule has 0 radical (unpaired) electrons. The number of aliphatic hydroxyl groups is 1. The quantitative estimate of drug-likeness (QED) is 0.253. The monoisotopic (exact) mass is 562 g/mol. The van der Waals surface area contributed by atoms with E-state index in [1.165, 1.54) is 6.26 Å². The third kappa shape index (κ3) is 4.53. The van der Waals surface area contributed by atoms with E-state index in [0.717, 1.165) is 26.8 Å². The van der Waals surface area contributed by atoms with Crippen LogP contribution in [-0.2, 0) is 19.9 Å². The third-order valence-electron chi connectivity index (χ3n) is 5.15. The van der Waals surface area contributed by atoms with Gasteiger partial charge in [-0.25, -0.2) is 13.1 Å². The Morgan fingerprint density at radius 1 is 1.06 bits per heavy atom.